The Hall–Kier alpha value is -4.94. The third kappa shape index (κ3) is 5.34. The molecule has 10 nitrogen and oxygen atoms in total. The number of likely N-dealkylation sites (N-methyl/N-ethyl adjacent to an activating group) is 1. The van der Waals surface area contributed by atoms with Crippen LogP contribution >= 0.6 is 0 Å². The van der Waals surface area contributed by atoms with Crippen molar-refractivity contribution in [1.82, 2.24) is 29.5 Å². The fraction of sp³-hybridized carbons (Fsp3) is 0.333. The zero-order chi connectivity index (χ0) is 33.7. The van der Waals surface area contributed by atoms with Crippen LogP contribution in [0.1, 0.15) is 42.9 Å². The molecule has 248 valence electrons. The van der Waals surface area contributed by atoms with E-state index in [-0.39, 0.29) is 42.5 Å². The van der Waals surface area contributed by atoms with Crippen molar-refractivity contribution in [3.05, 3.63) is 84.0 Å². The van der Waals surface area contributed by atoms with Crippen LogP contribution in [0.5, 0.6) is 5.75 Å². The van der Waals surface area contributed by atoms with E-state index in [0.29, 0.717) is 46.7 Å². The van der Waals surface area contributed by atoms with Gasteiger partial charge in [0, 0.05) is 73.2 Å². The molecular formula is C36H36F2N6O4. The van der Waals surface area contributed by atoms with Crippen LogP contribution in [0.3, 0.4) is 0 Å². The van der Waals surface area contributed by atoms with Crippen molar-refractivity contribution >= 4 is 16.9 Å². The summed E-state index contributed by atoms with van der Waals surface area (Å²) in [5.41, 5.74) is 5.76. The summed E-state index contributed by atoms with van der Waals surface area (Å²) in [5, 5.41) is 5.47. The van der Waals surface area contributed by atoms with Gasteiger partial charge in [-0.1, -0.05) is 6.58 Å². The molecule has 0 N–H and O–H groups in total. The maximum atomic E-state index is 16.1. The van der Waals surface area contributed by atoms with Crippen molar-refractivity contribution in [2.45, 2.75) is 38.9 Å². The predicted octanol–water partition coefficient (Wildman–Crippen LogP) is 6.36. The number of aromatic nitrogens is 4. The third-order valence-corrected chi connectivity index (χ3v) is 9.47. The van der Waals surface area contributed by atoms with Crippen LogP contribution < -0.4 is 4.74 Å². The van der Waals surface area contributed by atoms with E-state index in [1.807, 2.05) is 17.7 Å². The Labute approximate surface area is 276 Å². The van der Waals surface area contributed by atoms with Gasteiger partial charge in [0.2, 0.25) is 5.91 Å². The van der Waals surface area contributed by atoms with Gasteiger partial charge in [-0.05, 0) is 50.7 Å². The van der Waals surface area contributed by atoms with Gasteiger partial charge in [-0.2, -0.15) is 5.10 Å². The van der Waals surface area contributed by atoms with Gasteiger partial charge in [-0.15, -0.1) is 0 Å². The van der Waals surface area contributed by atoms with E-state index < -0.39 is 11.6 Å². The molecule has 7 rings (SSSR count). The van der Waals surface area contributed by atoms with Gasteiger partial charge in [0.15, 0.2) is 5.58 Å². The van der Waals surface area contributed by atoms with Crippen molar-refractivity contribution in [1.29, 1.82) is 0 Å². The monoisotopic (exact) mass is 654 g/mol. The first-order valence-electron chi connectivity index (χ1n) is 15.9. The van der Waals surface area contributed by atoms with Crippen LogP contribution in [0.25, 0.3) is 44.7 Å². The Morgan fingerprint density at radius 3 is 2.71 bits per heavy atom. The minimum absolute atomic E-state index is 0.00439. The number of carbonyl (C=O) groups is 1. The Bertz CT molecular complexity index is 2060. The van der Waals surface area contributed by atoms with Gasteiger partial charge < -0.3 is 18.8 Å². The molecule has 0 saturated heterocycles. The molecule has 48 heavy (non-hydrogen) atoms. The van der Waals surface area contributed by atoms with Gasteiger partial charge in [-0.25, -0.2) is 13.8 Å². The van der Waals surface area contributed by atoms with E-state index in [2.05, 4.69) is 31.5 Å². The summed E-state index contributed by atoms with van der Waals surface area (Å²) < 4.78 is 49.7. The molecule has 0 saturated carbocycles. The molecule has 0 radical (unpaired) electrons. The van der Waals surface area contributed by atoms with E-state index in [0.717, 1.165) is 47.6 Å². The fourth-order valence-corrected chi connectivity index (χ4v) is 6.77. The van der Waals surface area contributed by atoms with E-state index >= 15 is 4.39 Å². The van der Waals surface area contributed by atoms with E-state index in [4.69, 9.17) is 29.0 Å². The molecule has 0 fully saturated rings. The van der Waals surface area contributed by atoms with Crippen LogP contribution in [-0.4, -0.2) is 75.9 Å². The van der Waals surface area contributed by atoms with Crippen molar-refractivity contribution in [2.75, 3.05) is 40.5 Å². The molecule has 1 aromatic carbocycles. The lowest BCUT2D eigenvalue weighted by Crippen LogP contribution is -2.40. The molecule has 1 amide bonds. The number of halogens is 2. The number of carbonyl (C=O) groups excluding carboxylic acids is 1. The molecule has 0 aliphatic carbocycles. The highest BCUT2D eigenvalue weighted by atomic mass is 19.1. The molecule has 12 heteroatoms. The number of furan rings is 1. The normalized spacial score (nSPS) is 17.8. The minimum Gasteiger partial charge on any atom is -0.490 e. The highest BCUT2D eigenvalue weighted by Gasteiger charge is 2.32. The minimum atomic E-state index is -0.826. The number of methoxy groups -OCH3 is 1. The van der Waals surface area contributed by atoms with Crippen LogP contribution in [0.4, 0.5) is 8.78 Å². The second kappa shape index (κ2) is 12.6. The predicted molar refractivity (Wildman–Crippen MR) is 176 cm³/mol. The van der Waals surface area contributed by atoms with Gasteiger partial charge in [-0.3, -0.25) is 19.4 Å². The Morgan fingerprint density at radius 2 is 1.92 bits per heavy atom. The zero-order valence-corrected chi connectivity index (χ0v) is 27.3. The molecule has 0 spiro atoms. The van der Waals surface area contributed by atoms with Gasteiger partial charge in [0.1, 0.15) is 41.1 Å². The van der Waals surface area contributed by atoms with Crippen LogP contribution in [0.2, 0.25) is 0 Å². The lowest BCUT2D eigenvalue weighted by molar-refractivity contribution is -0.129. The standard InChI is InChI=1S/C36H36F2N6O4/c1-6-31(45)43-10-11-44-29(21(43)3)18-28(41-44)35-32(33-26(38)16-23(37)17-30(33)47-14-13-46-5)24-8-12-48-36(24)34(40-35)22-15-25-20(2)42(4)9-7-27(25)39-19-22/h6,8,12,15-21H,1,7,9-11,13-14H2,2-5H3/t20-,21-/m1/s1. The van der Waals surface area contributed by atoms with Gasteiger partial charge in [0.25, 0.3) is 0 Å². The summed E-state index contributed by atoms with van der Waals surface area (Å²) in [5.74, 6) is -1.79. The summed E-state index contributed by atoms with van der Waals surface area (Å²) >= 11 is 0. The van der Waals surface area contributed by atoms with Gasteiger partial charge >= 0.3 is 0 Å². The number of fused-ring (bicyclic) bond motifs is 3. The number of nitrogens with zero attached hydrogens (tertiary/aromatic N) is 6. The van der Waals surface area contributed by atoms with E-state index in [1.54, 1.807) is 17.2 Å². The van der Waals surface area contributed by atoms with Crippen molar-refractivity contribution in [2.24, 2.45) is 0 Å². The smallest absolute Gasteiger partial charge is 0.246 e. The average molecular weight is 655 g/mol. The SMILES string of the molecule is C=CC(=O)N1CCn2nc(-c3nc(-c4cnc5c(c4)[C@@H](C)N(C)CC5)c4occc4c3-c3c(F)cc(F)cc3OCCOC)cc2[C@H]1C. The second-order valence-electron chi connectivity index (χ2n) is 12.2. The Kier molecular flexibility index (Phi) is 8.30. The Balaban J connectivity index is 1.49. The number of rotatable bonds is 8. The topological polar surface area (TPSA) is 98.8 Å². The summed E-state index contributed by atoms with van der Waals surface area (Å²) in [6, 6.07) is 7.53. The first-order chi connectivity index (χ1) is 23.2. The number of ether oxygens (including phenoxy) is 2. The summed E-state index contributed by atoms with van der Waals surface area (Å²) in [6.07, 6.45) is 5.46. The van der Waals surface area contributed by atoms with Crippen molar-refractivity contribution < 1.29 is 27.5 Å². The molecule has 5 aromatic rings. The summed E-state index contributed by atoms with van der Waals surface area (Å²) in [7, 11) is 3.61. The highest BCUT2D eigenvalue weighted by molar-refractivity contribution is 6.06. The summed E-state index contributed by atoms with van der Waals surface area (Å²) in [6.45, 7) is 9.82. The number of amides is 1. The fourth-order valence-electron chi connectivity index (χ4n) is 6.77. The molecule has 2 aliphatic rings. The zero-order valence-electron chi connectivity index (χ0n) is 27.3. The van der Waals surface area contributed by atoms with Crippen LogP contribution in [0.15, 0.2) is 59.9 Å². The quantitative estimate of drug-likeness (QED) is 0.141. The molecule has 2 atom stereocenters. The lowest BCUT2D eigenvalue weighted by atomic mass is 9.93. The van der Waals surface area contributed by atoms with E-state index in [9.17, 15) is 9.18 Å². The molecule has 0 bridgehead atoms. The molecule has 2 aliphatic heterocycles. The van der Waals surface area contributed by atoms with E-state index in [1.165, 1.54) is 19.4 Å². The first-order valence-corrected chi connectivity index (χ1v) is 15.9. The highest BCUT2D eigenvalue weighted by Crippen LogP contribution is 2.46. The third-order valence-electron chi connectivity index (χ3n) is 9.47. The number of hydrogen-bond donors (Lipinski definition) is 0. The summed E-state index contributed by atoms with van der Waals surface area (Å²) in [4.78, 5) is 26.6. The van der Waals surface area contributed by atoms with Crippen molar-refractivity contribution in [3.8, 4) is 39.5 Å². The second-order valence-corrected chi connectivity index (χ2v) is 12.2. The molecule has 4 aromatic heterocycles. The molecule has 6 heterocycles. The van der Waals surface area contributed by atoms with Gasteiger partial charge in [0.05, 0.1) is 36.7 Å². The number of benzene rings is 1. The number of hydrogen-bond acceptors (Lipinski definition) is 8. The molecule has 0 unspecified atom stereocenters. The number of pyridine rings is 2. The maximum Gasteiger partial charge on any atom is 0.246 e. The first kappa shape index (κ1) is 31.6. The molecular weight excluding hydrogens is 618 g/mol. The largest absolute Gasteiger partial charge is 0.490 e. The van der Waals surface area contributed by atoms with Crippen LogP contribution in [-0.2, 0) is 22.5 Å². The van der Waals surface area contributed by atoms with Crippen LogP contribution in [0, 0.1) is 11.6 Å². The Morgan fingerprint density at radius 1 is 1.08 bits per heavy atom. The maximum absolute atomic E-state index is 16.1. The lowest BCUT2D eigenvalue weighted by Gasteiger charge is -2.33. The van der Waals surface area contributed by atoms with Crippen molar-refractivity contribution in [3.63, 3.8) is 0 Å². The average Bonchev–Trinajstić information content (AvgIpc) is 3.74.